The highest BCUT2D eigenvalue weighted by Crippen LogP contribution is 2.16. The lowest BCUT2D eigenvalue weighted by Crippen LogP contribution is -1.95. The highest BCUT2D eigenvalue weighted by molar-refractivity contribution is 7.90. The van der Waals surface area contributed by atoms with Crippen LogP contribution < -0.4 is 0 Å². The molecule has 0 atom stereocenters. The van der Waals surface area contributed by atoms with Crippen molar-refractivity contribution < 1.29 is 8.42 Å². The van der Waals surface area contributed by atoms with Crippen LogP contribution in [0.15, 0.2) is 34.3 Å². The Hall–Kier alpha value is -1.23. The highest BCUT2D eigenvalue weighted by atomic mass is 32.2. The average molecular weight is 185 g/mol. The van der Waals surface area contributed by atoms with Crippen LogP contribution in [0.2, 0.25) is 0 Å². The summed E-state index contributed by atoms with van der Waals surface area (Å²) in [5, 5.41) is 2.63. The van der Waals surface area contributed by atoms with Crippen molar-refractivity contribution in [2.24, 2.45) is 5.18 Å². The van der Waals surface area contributed by atoms with Crippen molar-refractivity contribution in [2.75, 3.05) is 6.26 Å². The van der Waals surface area contributed by atoms with E-state index in [1.165, 1.54) is 24.3 Å². The van der Waals surface area contributed by atoms with E-state index >= 15 is 0 Å². The number of rotatable bonds is 2. The maximum atomic E-state index is 11.0. The summed E-state index contributed by atoms with van der Waals surface area (Å²) in [7, 11) is -3.23. The first-order valence-corrected chi connectivity index (χ1v) is 5.06. The third kappa shape index (κ3) is 1.88. The van der Waals surface area contributed by atoms with Crippen molar-refractivity contribution in [3.8, 4) is 0 Å². The van der Waals surface area contributed by atoms with Crippen LogP contribution in [0.5, 0.6) is 0 Å². The zero-order valence-electron chi connectivity index (χ0n) is 6.39. The monoisotopic (exact) mass is 185 g/mol. The molecule has 0 spiro atoms. The number of hydrogen-bond donors (Lipinski definition) is 0. The van der Waals surface area contributed by atoms with Gasteiger partial charge in [0.1, 0.15) is 5.69 Å². The molecule has 0 fully saturated rings. The van der Waals surface area contributed by atoms with E-state index in [1.807, 2.05) is 0 Å². The Morgan fingerprint density at radius 1 is 1.33 bits per heavy atom. The number of nitrogens with zero attached hydrogens (tertiary/aromatic N) is 1. The summed E-state index contributed by atoms with van der Waals surface area (Å²) in [6.07, 6.45) is 1.08. The molecule has 0 saturated carbocycles. The normalized spacial score (nSPS) is 11.1. The van der Waals surface area contributed by atoms with E-state index in [2.05, 4.69) is 5.18 Å². The van der Waals surface area contributed by atoms with Gasteiger partial charge in [-0.15, -0.1) is 4.91 Å². The van der Waals surface area contributed by atoms with Crippen LogP contribution in [0.25, 0.3) is 0 Å². The minimum atomic E-state index is -3.23. The average Bonchev–Trinajstić information content (AvgIpc) is 2.03. The van der Waals surface area contributed by atoms with Crippen LogP contribution in [-0.4, -0.2) is 14.7 Å². The van der Waals surface area contributed by atoms with E-state index in [1.54, 1.807) is 0 Å². The summed E-state index contributed by atoms with van der Waals surface area (Å²) in [4.78, 5) is 10.2. The van der Waals surface area contributed by atoms with Gasteiger partial charge in [-0.25, -0.2) is 8.42 Å². The van der Waals surface area contributed by atoms with Gasteiger partial charge >= 0.3 is 0 Å². The van der Waals surface area contributed by atoms with Crippen molar-refractivity contribution in [1.82, 2.24) is 0 Å². The lowest BCUT2D eigenvalue weighted by Gasteiger charge is -1.96. The van der Waals surface area contributed by atoms with Gasteiger partial charge in [0.05, 0.1) is 4.90 Å². The molecular weight excluding hydrogens is 178 g/mol. The highest BCUT2D eigenvalue weighted by Gasteiger charge is 2.06. The quantitative estimate of drug-likeness (QED) is 0.655. The number of nitroso groups, excluding NO2 is 1. The summed E-state index contributed by atoms with van der Waals surface area (Å²) in [6, 6.07) is 5.58. The zero-order valence-corrected chi connectivity index (χ0v) is 7.21. The Bertz CT molecular complexity index is 397. The van der Waals surface area contributed by atoms with Gasteiger partial charge in [-0.2, -0.15) is 0 Å². The molecule has 0 radical (unpaired) electrons. The van der Waals surface area contributed by atoms with Crippen molar-refractivity contribution >= 4 is 15.5 Å². The van der Waals surface area contributed by atoms with Crippen molar-refractivity contribution in [3.63, 3.8) is 0 Å². The van der Waals surface area contributed by atoms with Gasteiger partial charge in [0.25, 0.3) is 0 Å². The van der Waals surface area contributed by atoms with Crippen LogP contribution in [0.4, 0.5) is 5.69 Å². The third-order valence-corrected chi connectivity index (χ3v) is 2.46. The summed E-state index contributed by atoms with van der Waals surface area (Å²) >= 11 is 0. The fourth-order valence-electron chi connectivity index (χ4n) is 0.771. The Morgan fingerprint density at radius 2 is 2.00 bits per heavy atom. The van der Waals surface area contributed by atoms with Crippen molar-refractivity contribution in [1.29, 1.82) is 0 Å². The largest absolute Gasteiger partial charge is 0.224 e. The maximum absolute atomic E-state index is 11.0. The van der Waals surface area contributed by atoms with Crippen LogP contribution >= 0.6 is 0 Å². The maximum Gasteiger partial charge on any atom is 0.175 e. The number of benzene rings is 1. The van der Waals surface area contributed by atoms with Gasteiger partial charge in [0.2, 0.25) is 0 Å². The third-order valence-electron chi connectivity index (χ3n) is 1.35. The molecule has 0 bridgehead atoms. The molecule has 0 N–H and O–H groups in total. The molecule has 0 aliphatic heterocycles. The van der Waals surface area contributed by atoms with Gasteiger partial charge in [-0.3, -0.25) is 0 Å². The van der Waals surface area contributed by atoms with Crippen molar-refractivity contribution in [2.45, 2.75) is 4.90 Å². The van der Waals surface area contributed by atoms with E-state index in [-0.39, 0.29) is 10.6 Å². The first-order chi connectivity index (χ1) is 5.54. The molecule has 0 saturated heterocycles. The molecule has 0 unspecified atom stereocenters. The Balaban J connectivity index is 3.29. The molecule has 0 aliphatic carbocycles. The summed E-state index contributed by atoms with van der Waals surface area (Å²) in [5.41, 5.74) is 0.123. The first-order valence-electron chi connectivity index (χ1n) is 3.17. The molecule has 0 amide bonds. The molecule has 1 rings (SSSR count). The van der Waals surface area contributed by atoms with Gasteiger partial charge in [0, 0.05) is 6.26 Å². The predicted molar refractivity (Wildman–Crippen MR) is 45.0 cm³/mol. The Kier molecular flexibility index (Phi) is 2.23. The molecule has 0 aliphatic rings. The molecular formula is C7H7NO3S. The van der Waals surface area contributed by atoms with Crippen LogP contribution in [0.3, 0.4) is 0 Å². The second-order valence-electron chi connectivity index (χ2n) is 2.36. The molecule has 12 heavy (non-hydrogen) atoms. The summed E-state index contributed by atoms with van der Waals surface area (Å²) in [6.45, 7) is 0. The SMILES string of the molecule is CS(=O)(=O)c1cccc(N=O)c1. The van der Waals surface area contributed by atoms with E-state index in [0.29, 0.717) is 0 Å². The molecule has 5 heteroatoms. The predicted octanol–water partition coefficient (Wildman–Crippen LogP) is 1.49. The van der Waals surface area contributed by atoms with E-state index < -0.39 is 9.84 Å². The van der Waals surface area contributed by atoms with E-state index in [9.17, 15) is 13.3 Å². The van der Waals surface area contributed by atoms with E-state index in [0.717, 1.165) is 6.26 Å². The fourth-order valence-corrected chi connectivity index (χ4v) is 1.43. The number of hydrogen-bond acceptors (Lipinski definition) is 4. The summed E-state index contributed by atoms with van der Waals surface area (Å²) in [5.74, 6) is 0. The van der Waals surface area contributed by atoms with Gasteiger partial charge in [-0.1, -0.05) is 6.07 Å². The van der Waals surface area contributed by atoms with Gasteiger partial charge in [0.15, 0.2) is 9.84 Å². The topological polar surface area (TPSA) is 63.6 Å². The molecule has 1 aromatic carbocycles. The fraction of sp³-hybridized carbons (Fsp3) is 0.143. The van der Waals surface area contributed by atoms with Crippen LogP contribution in [0, 0.1) is 4.91 Å². The second kappa shape index (κ2) is 3.02. The summed E-state index contributed by atoms with van der Waals surface area (Å²) < 4.78 is 21.9. The second-order valence-corrected chi connectivity index (χ2v) is 4.38. The van der Waals surface area contributed by atoms with Crippen molar-refractivity contribution in [3.05, 3.63) is 29.2 Å². The molecule has 64 valence electrons. The lowest BCUT2D eigenvalue weighted by atomic mass is 10.3. The minimum Gasteiger partial charge on any atom is -0.224 e. The van der Waals surface area contributed by atoms with Crippen LogP contribution in [0.1, 0.15) is 0 Å². The standard InChI is InChI=1S/C7H7NO3S/c1-12(10,11)7-4-2-3-6(5-7)8-9/h2-5H,1H3. The molecule has 0 aromatic heterocycles. The van der Waals surface area contributed by atoms with E-state index in [4.69, 9.17) is 0 Å². The number of sulfone groups is 1. The Labute approximate surface area is 70.1 Å². The Morgan fingerprint density at radius 3 is 2.50 bits per heavy atom. The molecule has 4 nitrogen and oxygen atoms in total. The van der Waals surface area contributed by atoms with Crippen LogP contribution in [-0.2, 0) is 9.84 Å². The molecule has 1 aromatic rings. The lowest BCUT2D eigenvalue weighted by molar-refractivity contribution is 0.602. The first kappa shape index (κ1) is 8.86. The minimum absolute atomic E-state index is 0.111. The van der Waals surface area contributed by atoms with Gasteiger partial charge in [-0.05, 0) is 23.4 Å². The smallest absolute Gasteiger partial charge is 0.175 e. The molecule has 0 heterocycles. The zero-order chi connectivity index (χ0) is 9.19. The van der Waals surface area contributed by atoms with Gasteiger partial charge < -0.3 is 0 Å².